The Morgan fingerprint density at radius 3 is 2.50 bits per heavy atom. The van der Waals surface area contributed by atoms with Crippen molar-refractivity contribution in [3.05, 3.63) is 77.4 Å². The molecule has 10 nitrogen and oxygen atoms in total. The highest BCUT2D eigenvalue weighted by Gasteiger charge is 2.59. The fourth-order valence-electron chi connectivity index (χ4n) is 5.16. The molecule has 2 N–H and O–H groups in total. The summed E-state index contributed by atoms with van der Waals surface area (Å²) in [5.41, 5.74) is 5.53. The molecule has 5 rings (SSSR count). The number of Topliss-reactive ketones (excluding diaryl/α,β-unsaturated/α-hetero) is 1. The zero-order chi connectivity index (χ0) is 30.4. The van der Waals surface area contributed by atoms with Crippen LogP contribution >= 0.6 is 0 Å². The summed E-state index contributed by atoms with van der Waals surface area (Å²) in [6.45, 7) is -1.03. The van der Waals surface area contributed by atoms with Crippen LogP contribution in [0.5, 0.6) is 0 Å². The van der Waals surface area contributed by atoms with Gasteiger partial charge in [-0.1, -0.05) is 30.3 Å². The van der Waals surface area contributed by atoms with E-state index in [9.17, 15) is 36.7 Å². The van der Waals surface area contributed by atoms with Crippen LogP contribution in [0.2, 0.25) is 0 Å². The maximum Gasteiger partial charge on any atom is 0.408 e. The second-order valence-corrected chi connectivity index (χ2v) is 10.2. The molecule has 2 heterocycles. The molecular weight excluding hydrogens is 562 g/mol. The van der Waals surface area contributed by atoms with Crippen molar-refractivity contribution in [2.75, 3.05) is 13.3 Å². The minimum absolute atomic E-state index is 0.119. The number of aromatic nitrogens is 2. The van der Waals surface area contributed by atoms with Crippen molar-refractivity contribution in [2.45, 2.75) is 44.3 Å². The molecule has 1 saturated heterocycles. The molecule has 2 atom stereocenters. The number of nitrogens with zero attached hydrogens (tertiary/aromatic N) is 4. The monoisotopic (exact) mass is 587 g/mol. The van der Waals surface area contributed by atoms with E-state index in [1.54, 1.807) is 24.4 Å². The molecule has 2 aliphatic rings. The van der Waals surface area contributed by atoms with Crippen LogP contribution in [0, 0.1) is 5.82 Å². The van der Waals surface area contributed by atoms with Gasteiger partial charge in [-0.25, -0.2) is 4.39 Å². The SMILES string of the molecule is C[C@H](N(Cc1ccc(F)cc1)C(=O)CN1CO[C@]2(C(=O)Cc3cc(-c4cnn(CC(N)=O)c4)ccc32)C1=O)C(F)(F)F. The number of primary amides is 1. The van der Waals surface area contributed by atoms with Crippen molar-refractivity contribution in [3.63, 3.8) is 0 Å². The van der Waals surface area contributed by atoms with E-state index in [1.165, 1.54) is 23.0 Å². The molecule has 0 radical (unpaired) electrons. The number of halogens is 4. The zero-order valence-electron chi connectivity index (χ0n) is 22.2. The number of ketones is 1. The highest BCUT2D eigenvalue weighted by molar-refractivity contribution is 6.15. The van der Waals surface area contributed by atoms with Crippen LogP contribution in [0.4, 0.5) is 17.6 Å². The first-order valence-electron chi connectivity index (χ1n) is 12.8. The minimum atomic E-state index is -4.77. The summed E-state index contributed by atoms with van der Waals surface area (Å²) < 4.78 is 61.4. The minimum Gasteiger partial charge on any atom is -0.368 e. The molecule has 3 amide bonds. The Bertz CT molecular complexity index is 1570. The number of nitrogens with two attached hydrogens (primary N) is 1. The predicted molar refractivity (Wildman–Crippen MR) is 137 cm³/mol. The fourth-order valence-corrected chi connectivity index (χ4v) is 5.16. The van der Waals surface area contributed by atoms with Gasteiger partial charge in [-0.2, -0.15) is 18.3 Å². The number of fused-ring (bicyclic) bond motifs is 2. The summed E-state index contributed by atoms with van der Waals surface area (Å²) in [6, 6.07) is 7.35. The number of rotatable bonds is 8. The third kappa shape index (κ3) is 5.24. The lowest BCUT2D eigenvalue weighted by molar-refractivity contribution is -0.187. The molecule has 3 aromatic rings. The Labute approximate surface area is 236 Å². The Morgan fingerprint density at radius 2 is 1.83 bits per heavy atom. The van der Waals surface area contributed by atoms with Crippen molar-refractivity contribution in [3.8, 4) is 11.1 Å². The number of hydrogen-bond acceptors (Lipinski definition) is 6. The number of amides is 3. The van der Waals surface area contributed by atoms with Gasteiger partial charge in [0.1, 0.15) is 31.7 Å². The average molecular weight is 588 g/mol. The van der Waals surface area contributed by atoms with E-state index in [-0.39, 0.29) is 24.1 Å². The van der Waals surface area contributed by atoms with Crippen molar-refractivity contribution in [1.29, 1.82) is 0 Å². The van der Waals surface area contributed by atoms with Gasteiger partial charge in [0, 0.05) is 30.3 Å². The molecule has 1 spiro atoms. The van der Waals surface area contributed by atoms with Gasteiger partial charge in [0.2, 0.25) is 17.4 Å². The van der Waals surface area contributed by atoms with E-state index >= 15 is 0 Å². The van der Waals surface area contributed by atoms with Crippen molar-refractivity contribution in [1.82, 2.24) is 19.6 Å². The number of ether oxygens (including phenoxy) is 1. The van der Waals surface area contributed by atoms with Crippen LogP contribution in [-0.4, -0.2) is 68.6 Å². The van der Waals surface area contributed by atoms with Crippen LogP contribution in [-0.2, 0) is 49.0 Å². The Morgan fingerprint density at radius 1 is 1.12 bits per heavy atom. The standard InChI is InChI=1S/C28H25F4N5O5/c1-16(28(30,31)32)37(11-17-2-5-21(29)6-3-17)25(40)14-35-15-42-27(26(35)41)22-7-4-18(8-19(22)9-23(27)38)20-10-34-36(12-20)13-24(33)39/h2-8,10,12,16H,9,11,13-15H2,1H3,(H2,33,39)/t16-,27+/m0/s1. The van der Waals surface area contributed by atoms with E-state index in [0.29, 0.717) is 21.6 Å². The maximum absolute atomic E-state index is 13.7. The molecule has 42 heavy (non-hydrogen) atoms. The van der Waals surface area contributed by atoms with Crippen LogP contribution in [0.15, 0.2) is 54.9 Å². The van der Waals surface area contributed by atoms with E-state index in [2.05, 4.69) is 5.10 Å². The second kappa shape index (κ2) is 10.7. The molecule has 0 bridgehead atoms. The largest absolute Gasteiger partial charge is 0.408 e. The van der Waals surface area contributed by atoms with Crippen LogP contribution < -0.4 is 5.73 Å². The molecule has 0 unspecified atom stereocenters. The first-order chi connectivity index (χ1) is 19.8. The maximum atomic E-state index is 13.7. The summed E-state index contributed by atoms with van der Waals surface area (Å²) in [7, 11) is 0. The number of alkyl halides is 3. The third-order valence-electron chi connectivity index (χ3n) is 7.39. The van der Waals surface area contributed by atoms with Crippen molar-refractivity contribution < 1.29 is 41.5 Å². The molecule has 1 aliphatic carbocycles. The van der Waals surface area contributed by atoms with Crippen LogP contribution in [0.3, 0.4) is 0 Å². The predicted octanol–water partition coefficient (Wildman–Crippen LogP) is 2.29. The third-order valence-corrected chi connectivity index (χ3v) is 7.39. The van der Waals surface area contributed by atoms with Gasteiger partial charge in [0.05, 0.1) is 6.20 Å². The molecule has 1 fully saturated rings. The number of carbonyl (C=O) groups is 4. The molecule has 220 valence electrons. The molecule has 0 saturated carbocycles. The molecule has 14 heteroatoms. The summed E-state index contributed by atoms with van der Waals surface area (Å²) in [5, 5.41) is 4.07. The van der Waals surface area contributed by atoms with Gasteiger partial charge in [-0.15, -0.1) is 0 Å². The second-order valence-electron chi connectivity index (χ2n) is 10.2. The zero-order valence-corrected chi connectivity index (χ0v) is 22.2. The van der Waals surface area contributed by atoms with E-state index < -0.39 is 67.0 Å². The normalized spacial score (nSPS) is 18.9. The summed E-state index contributed by atoms with van der Waals surface area (Å²) in [4.78, 5) is 52.6. The van der Waals surface area contributed by atoms with Gasteiger partial charge >= 0.3 is 6.18 Å². The number of benzene rings is 2. The fraction of sp³-hybridized carbons (Fsp3) is 0.321. The van der Waals surface area contributed by atoms with Crippen molar-refractivity contribution in [2.24, 2.45) is 5.73 Å². The van der Waals surface area contributed by atoms with Crippen LogP contribution in [0.1, 0.15) is 23.6 Å². The van der Waals surface area contributed by atoms with E-state index in [1.807, 2.05) is 0 Å². The van der Waals surface area contributed by atoms with E-state index in [0.717, 1.165) is 24.0 Å². The smallest absolute Gasteiger partial charge is 0.368 e. The van der Waals surface area contributed by atoms with Gasteiger partial charge in [0.25, 0.3) is 5.91 Å². The van der Waals surface area contributed by atoms with Gasteiger partial charge < -0.3 is 20.3 Å². The van der Waals surface area contributed by atoms with Gasteiger partial charge in [-0.3, -0.25) is 23.9 Å². The van der Waals surface area contributed by atoms with E-state index in [4.69, 9.17) is 10.5 Å². The molecule has 2 aromatic carbocycles. The summed E-state index contributed by atoms with van der Waals surface area (Å²) in [5.74, 6) is -3.59. The Hall–Kier alpha value is -4.59. The highest BCUT2D eigenvalue weighted by atomic mass is 19.4. The highest BCUT2D eigenvalue weighted by Crippen LogP contribution is 2.43. The molecule has 1 aromatic heterocycles. The Balaban J connectivity index is 1.36. The topological polar surface area (TPSA) is 128 Å². The summed E-state index contributed by atoms with van der Waals surface area (Å²) >= 11 is 0. The number of carbonyl (C=O) groups excluding carboxylic acids is 4. The van der Waals surface area contributed by atoms with Crippen LogP contribution in [0.25, 0.3) is 11.1 Å². The molecule has 1 aliphatic heterocycles. The summed E-state index contributed by atoms with van der Waals surface area (Å²) in [6.07, 6.45) is -1.80. The quantitative estimate of drug-likeness (QED) is 0.318. The van der Waals surface area contributed by atoms with Gasteiger partial charge in [-0.05, 0) is 35.7 Å². The first-order valence-corrected chi connectivity index (χ1v) is 12.8. The van der Waals surface area contributed by atoms with Crippen molar-refractivity contribution >= 4 is 23.5 Å². The van der Waals surface area contributed by atoms with Gasteiger partial charge in [0.15, 0.2) is 5.78 Å². The molecular formula is C28H25F4N5O5. The lowest BCUT2D eigenvalue weighted by Crippen LogP contribution is -2.51. The lowest BCUT2D eigenvalue weighted by Gasteiger charge is -2.32. The first kappa shape index (κ1) is 28.9. The number of hydrogen-bond donors (Lipinski definition) is 1. The lowest BCUT2D eigenvalue weighted by atomic mass is 9.92. The average Bonchev–Trinajstić information content (AvgIpc) is 3.59. The Kier molecular flexibility index (Phi) is 7.35.